The van der Waals surface area contributed by atoms with Gasteiger partial charge in [0.15, 0.2) is 0 Å². The van der Waals surface area contributed by atoms with E-state index in [1.807, 2.05) is 19.1 Å². The Morgan fingerprint density at radius 2 is 1.76 bits per heavy atom. The summed E-state index contributed by atoms with van der Waals surface area (Å²) in [6, 6.07) is 9.14. The Labute approximate surface area is 229 Å². The molecule has 1 fully saturated rings. The molecule has 0 saturated carbocycles. The molecule has 2 N–H and O–H groups in total. The number of carboxylic acid groups (broad SMARTS) is 1. The molecule has 1 aliphatic rings. The summed E-state index contributed by atoms with van der Waals surface area (Å²) >= 11 is 0. The molecular weight excluding hydrogens is 562 g/mol. The number of carboxylic acids is 1. The number of carbonyl (C=O) groups is 2. The van der Waals surface area contributed by atoms with Gasteiger partial charge in [-0.1, -0.05) is 23.8 Å². The van der Waals surface area contributed by atoms with Crippen LogP contribution >= 0.6 is 0 Å². The van der Waals surface area contributed by atoms with Gasteiger partial charge in [0.1, 0.15) is 12.1 Å². The number of rotatable bonds is 5. The Bertz CT molecular complexity index is 1360. The molecule has 41 heavy (non-hydrogen) atoms. The van der Waals surface area contributed by atoms with Gasteiger partial charge < -0.3 is 14.7 Å². The number of halogens is 6. The molecule has 3 aromatic rings. The molecule has 1 aliphatic heterocycles. The van der Waals surface area contributed by atoms with Crippen molar-refractivity contribution in [3.63, 3.8) is 0 Å². The number of nitrogens with zero attached hydrogens (tertiary/aromatic N) is 5. The monoisotopic (exact) mass is 586 g/mol. The fourth-order valence-electron chi connectivity index (χ4n) is 3.54. The van der Waals surface area contributed by atoms with Crippen molar-refractivity contribution in [2.45, 2.75) is 38.7 Å². The van der Waals surface area contributed by atoms with Crippen LogP contribution in [0.3, 0.4) is 0 Å². The minimum Gasteiger partial charge on any atom is -0.475 e. The SMILES string of the molecule is CCn1ncnc1NC(=O)N1CCC(=Cc2cccc(Oc3ccc(C(F)(F)F)cn3)c2)CC1.O=C(O)C(F)(F)F. The number of aliphatic carboxylic acids is 1. The van der Waals surface area contributed by atoms with Crippen molar-refractivity contribution in [2.24, 2.45) is 0 Å². The molecule has 2 aromatic heterocycles. The van der Waals surface area contributed by atoms with Crippen LogP contribution in [0.25, 0.3) is 6.08 Å². The summed E-state index contributed by atoms with van der Waals surface area (Å²) < 4.78 is 77.0. The highest BCUT2D eigenvalue weighted by Crippen LogP contribution is 2.30. The van der Waals surface area contributed by atoms with Crippen LogP contribution in [0.2, 0.25) is 0 Å². The van der Waals surface area contributed by atoms with Gasteiger partial charge in [0, 0.05) is 31.9 Å². The molecule has 0 radical (unpaired) electrons. The van der Waals surface area contributed by atoms with Crippen molar-refractivity contribution in [1.82, 2.24) is 24.6 Å². The van der Waals surface area contributed by atoms with E-state index in [9.17, 15) is 31.1 Å². The number of aryl methyl sites for hydroxylation is 1. The molecule has 10 nitrogen and oxygen atoms in total. The Kier molecular flexibility index (Phi) is 9.91. The quantitative estimate of drug-likeness (QED) is 0.360. The molecule has 1 saturated heterocycles. The van der Waals surface area contributed by atoms with Gasteiger partial charge in [0.25, 0.3) is 0 Å². The first-order valence-electron chi connectivity index (χ1n) is 12.0. The van der Waals surface area contributed by atoms with Crippen LogP contribution in [0.4, 0.5) is 37.1 Å². The third kappa shape index (κ3) is 9.22. The first-order chi connectivity index (χ1) is 19.3. The number of piperidine rings is 1. The van der Waals surface area contributed by atoms with E-state index >= 15 is 0 Å². The van der Waals surface area contributed by atoms with Crippen molar-refractivity contribution in [3.05, 3.63) is 65.6 Å². The highest BCUT2D eigenvalue weighted by Gasteiger charge is 2.38. The number of alkyl halides is 6. The maximum absolute atomic E-state index is 12.7. The van der Waals surface area contributed by atoms with Crippen molar-refractivity contribution < 1.29 is 45.8 Å². The Balaban J connectivity index is 0.000000587. The number of aromatic nitrogens is 4. The van der Waals surface area contributed by atoms with Crippen LogP contribution in [-0.4, -0.2) is 61.0 Å². The first-order valence-corrected chi connectivity index (χ1v) is 12.0. The van der Waals surface area contributed by atoms with E-state index in [0.29, 0.717) is 31.3 Å². The summed E-state index contributed by atoms with van der Waals surface area (Å²) in [7, 11) is 0. The molecule has 0 atom stereocenters. The van der Waals surface area contributed by atoms with Gasteiger partial charge in [0.2, 0.25) is 11.8 Å². The molecule has 220 valence electrons. The number of hydrogen-bond donors (Lipinski definition) is 2. The van der Waals surface area contributed by atoms with E-state index in [1.54, 1.807) is 27.8 Å². The molecule has 3 heterocycles. The fraction of sp³-hybridized carbons (Fsp3) is 0.320. The number of benzene rings is 1. The zero-order valence-corrected chi connectivity index (χ0v) is 21.4. The zero-order chi connectivity index (χ0) is 30.2. The molecule has 0 spiro atoms. The topological polar surface area (TPSA) is 122 Å². The lowest BCUT2D eigenvalue weighted by atomic mass is 10.0. The summed E-state index contributed by atoms with van der Waals surface area (Å²) in [6.45, 7) is 3.68. The lowest BCUT2D eigenvalue weighted by Crippen LogP contribution is -2.39. The number of pyridine rings is 1. The fourth-order valence-corrected chi connectivity index (χ4v) is 3.54. The van der Waals surface area contributed by atoms with Crippen LogP contribution in [0.1, 0.15) is 30.9 Å². The number of likely N-dealkylation sites (tertiary alicyclic amines) is 1. The Hall–Kier alpha value is -4.63. The van der Waals surface area contributed by atoms with Crippen LogP contribution < -0.4 is 10.1 Å². The number of ether oxygens (including phenoxy) is 1. The van der Waals surface area contributed by atoms with E-state index in [1.165, 1.54) is 18.0 Å². The Morgan fingerprint density at radius 3 is 2.32 bits per heavy atom. The van der Waals surface area contributed by atoms with Gasteiger partial charge in [-0.15, -0.1) is 0 Å². The summed E-state index contributed by atoms with van der Waals surface area (Å²) in [5.41, 5.74) is 1.25. The summed E-state index contributed by atoms with van der Waals surface area (Å²) in [4.78, 5) is 31.0. The number of amides is 2. The van der Waals surface area contributed by atoms with Gasteiger partial charge in [-0.3, -0.25) is 5.32 Å². The maximum atomic E-state index is 12.7. The van der Waals surface area contributed by atoms with Gasteiger partial charge in [-0.05, 0) is 43.5 Å². The lowest BCUT2D eigenvalue weighted by Gasteiger charge is -2.28. The smallest absolute Gasteiger partial charge is 0.475 e. The van der Waals surface area contributed by atoms with Crippen LogP contribution in [0.5, 0.6) is 11.6 Å². The van der Waals surface area contributed by atoms with E-state index < -0.39 is 23.9 Å². The van der Waals surface area contributed by atoms with E-state index in [-0.39, 0.29) is 11.9 Å². The number of nitrogens with one attached hydrogen (secondary N) is 1. The maximum Gasteiger partial charge on any atom is 0.490 e. The van der Waals surface area contributed by atoms with Crippen molar-refractivity contribution in [1.29, 1.82) is 0 Å². The van der Waals surface area contributed by atoms with Crippen LogP contribution in [-0.2, 0) is 17.5 Å². The van der Waals surface area contributed by atoms with Gasteiger partial charge in [0.05, 0.1) is 5.56 Å². The van der Waals surface area contributed by atoms with Gasteiger partial charge in [-0.25, -0.2) is 19.3 Å². The lowest BCUT2D eigenvalue weighted by molar-refractivity contribution is -0.192. The number of carbonyl (C=O) groups excluding carboxylic acids is 1. The largest absolute Gasteiger partial charge is 0.490 e. The highest BCUT2D eigenvalue weighted by atomic mass is 19.4. The predicted molar refractivity (Wildman–Crippen MR) is 133 cm³/mol. The average Bonchev–Trinajstić information content (AvgIpc) is 3.36. The number of hydrogen-bond acceptors (Lipinski definition) is 6. The molecule has 0 bridgehead atoms. The summed E-state index contributed by atoms with van der Waals surface area (Å²) in [5.74, 6) is -1.78. The standard InChI is InChI=1S/C23H23F3N6O2.C2HF3O2/c1-2-32-21(28-15-29-32)30-22(33)31-10-8-16(9-11-31)12-17-4-3-5-19(13-17)34-20-7-6-18(14-27-20)23(24,25)26;3-2(4,5)1(6)7/h3-7,12-15H,2,8-11H2,1H3,(H,28,29,30,33);(H,6,7). The minimum atomic E-state index is -5.08. The summed E-state index contributed by atoms with van der Waals surface area (Å²) in [6.07, 6.45) is -3.89. The zero-order valence-electron chi connectivity index (χ0n) is 21.4. The molecule has 2 amide bonds. The van der Waals surface area contributed by atoms with E-state index in [0.717, 1.165) is 30.7 Å². The van der Waals surface area contributed by atoms with Crippen molar-refractivity contribution in [2.75, 3.05) is 18.4 Å². The molecule has 0 aliphatic carbocycles. The minimum absolute atomic E-state index is 0.0797. The number of urea groups is 1. The summed E-state index contributed by atoms with van der Waals surface area (Å²) in [5, 5.41) is 14.0. The van der Waals surface area contributed by atoms with Gasteiger partial charge >= 0.3 is 24.4 Å². The second-order valence-corrected chi connectivity index (χ2v) is 8.48. The highest BCUT2D eigenvalue weighted by molar-refractivity contribution is 5.87. The third-order valence-corrected chi connectivity index (χ3v) is 5.58. The first kappa shape index (κ1) is 30.9. The molecule has 4 rings (SSSR count). The molecular formula is C25H24F6N6O4. The molecule has 0 unspecified atom stereocenters. The molecule has 16 heteroatoms. The van der Waals surface area contributed by atoms with Crippen molar-refractivity contribution in [3.8, 4) is 11.6 Å². The Morgan fingerprint density at radius 1 is 1.07 bits per heavy atom. The number of anilines is 1. The second-order valence-electron chi connectivity index (χ2n) is 8.48. The van der Waals surface area contributed by atoms with Crippen molar-refractivity contribution >= 4 is 24.0 Å². The second kappa shape index (κ2) is 13.1. The molecule has 1 aromatic carbocycles. The predicted octanol–water partition coefficient (Wildman–Crippen LogP) is 5.85. The van der Waals surface area contributed by atoms with Crippen LogP contribution in [0.15, 0.2) is 54.5 Å². The van der Waals surface area contributed by atoms with E-state index in [4.69, 9.17) is 14.6 Å². The third-order valence-electron chi connectivity index (χ3n) is 5.58. The van der Waals surface area contributed by atoms with Gasteiger partial charge in [-0.2, -0.15) is 36.4 Å². The normalized spacial score (nSPS) is 13.6. The average molecular weight is 586 g/mol. The van der Waals surface area contributed by atoms with E-state index in [2.05, 4.69) is 20.4 Å². The van der Waals surface area contributed by atoms with Crippen LogP contribution in [0, 0.1) is 0 Å².